The lowest BCUT2D eigenvalue weighted by molar-refractivity contribution is -0.121. The van der Waals surface area contributed by atoms with Crippen molar-refractivity contribution < 1.29 is 9.59 Å². The van der Waals surface area contributed by atoms with Gasteiger partial charge in [0.15, 0.2) is 0 Å². The molecule has 0 unspecified atom stereocenters. The van der Waals surface area contributed by atoms with E-state index in [1.54, 1.807) is 24.3 Å². The van der Waals surface area contributed by atoms with Gasteiger partial charge >= 0.3 is 0 Å². The Bertz CT molecular complexity index is 723. The molecule has 7 nitrogen and oxygen atoms in total. The van der Waals surface area contributed by atoms with Crippen LogP contribution in [-0.4, -0.2) is 28.3 Å². The van der Waals surface area contributed by atoms with Gasteiger partial charge in [0.25, 0.3) is 0 Å². The Morgan fingerprint density at radius 1 is 1.08 bits per heavy atom. The summed E-state index contributed by atoms with van der Waals surface area (Å²) in [6, 6.07) is 8.77. The monoisotopic (exact) mass is 341 g/mol. The van der Waals surface area contributed by atoms with Crippen LogP contribution in [0.2, 0.25) is 0 Å². The molecule has 0 bridgehead atoms. The lowest BCUT2D eigenvalue weighted by atomic mass is 10.1. The Kier molecular flexibility index (Phi) is 6.45. The van der Waals surface area contributed by atoms with E-state index >= 15 is 0 Å². The van der Waals surface area contributed by atoms with Crippen molar-refractivity contribution in [3.8, 4) is 0 Å². The average Bonchev–Trinajstić information content (AvgIpc) is 2.56. The van der Waals surface area contributed by atoms with Crippen LogP contribution >= 0.6 is 0 Å². The van der Waals surface area contributed by atoms with E-state index in [0.29, 0.717) is 37.4 Å². The van der Waals surface area contributed by atoms with Gasteiger partial charge in [-0.3, -0.25) is 9.59 Å². The minimum Gasteiger partial charge on any atom is -0.366 e. The predicted molar refractivity (Wildman–Crippen MR) is 96.0 cm³/mol. The topological polar surface area (TPSA) is 110 Å². The number of hydrogen-bond donors (Lipinski definition) is 3. The summed E-state index contributed by atoms with van der Waals surface area (Å²) >= 11 is 0. The fourth-order valence-electron chi connectivity index (χ4n) is 2.33. The van der Waals surface area contributed by atoms with Crippen LogP contribution in [0.4, 0.5) is 5.95 Å². The van der Waals surface area contributed by atoms with Gasteiger partial charge in [-0.2, -0.15) is 0 Å². The molecule has 7 heteroatoms. The standard InChI is InChI=1S/C18H23N5O2/c1-12-10-13(2)23-18(22-12)20-9-3-4-16(24)21-11-14-5-7-15(8-6-14)17(19)25/h5-8,10H,3-4,9,11H2,1-2H3,(H2,19,25)(H,21,24)(H,20,22,23). The number of nitrogens with two attached hydrogens (primary N) is 1. The molecule has 132 valence electrons. The summed E-state index contributed by atoms with van der Waals surface area (Å²) in [6.45, 7) is 4.89. The Morgan fingerprint density at radius 3 is 2.32 bits per heavy atom. The zero-order valence-electron chi connectivity index (χ0n) is 14.5. The average molecular weight is 341 g/mol. The Labute approximate surface area is 147 Å². The van der Waals surface area contributed by atoms with Crippen molar-refractivity contribution in [3.05, 3.63) is 52.8 Å². The highest BCUT2D eigenvalue weighted by atomic mass is 16.1. The van der Waals surface area contributed by atoms with E-state index < -0.39 is 5.91 Å². The fraction of sp³-hybridized carbons (Fsp3) is 0.333. The minimum absolute atomic E-state index is 0.0258. The molecule has 0 radical (unpaired) electrons. The summed E-state index contributed by atoms with van der Waals surface area (Å²) in [5.74, 6) is 0.102. The maximum Gasteiger partial charge on any atom is 0.248 e. The molecule has 2 aromatic rings. The van der Waals surface area contributed by atoms with E-state index in [1.165, 1.54) is 0 Å². The van der Waals surface area contributed by atoms with Crippen molar-refractivity contribution in [1.82, 2.24) is 15.3 Å². The second-order valence-electron chi connectivity index (χ2n) is 5.84. The molecule has 0 spiro atoms. The van der Waals surface area contributed by atoms with E-state index in [2.05, 4.69) is 20.6 Å². The first-order valence-corrected chi connectivity index (χ1v) is 8.15. The van der Waals surface area contributed by atoms with E-state index in [4.69, 9.17) is 5.73 Å². The van der Waals surface area contributed by atoms with E-state index in [9.17, 15) is 9.59 Å². The molecule has 2 amide bonds. The quantitative estimate of drug-likeness (QED) is 0.633. The molecular formula is C18H23N5O2. The van der Waals surface area contributed by atoms with Crippen molar-refractivity contribution in [2.24, 2.45) is 5.73 Å². The summed E-state index contributed by atoms with van der Waals surface area (Å²) in [7, 11) is 0. The van der Waals surface area contributed by atoms with Crippen LogP contribution < -0.4 is 16.4 Å². The van der Waals surface area contributed by atoms with Crippen LogP contribution in [-0.2, 0) is 11.3 Å². The van der Waals surface area contributed by atoms with E-state index in [-0.39, 0.29) is 5.91 Å². The van der Waals surface area contributed by atoms with Crippen molar-refractivity contribution in [3.63, 3.8) is 0 Å². The number of hydrogen-bond acceptors (Lipinski definition) is 5. The maximum atomic E-state index is 11.9. The number of anilines is 1. The molecule has 1 heterocycles. The van der Waals surface area contributed by atoms with Gasteiger partial charge in [0, 0.05) is 36.5 Å². The lowest BCUT2D eigenvalue weighted by Crippen LogP contribution is -2.23. The number of amides is 2. The van der Waals surface area contributed by atoms with Crippen molar-refractivity contribution in [2.75, 3.05) is 11.9 Å². The van der Waals surface area contributed by atoms with Gasteiger partial charge in [-0.1, -0.05) is 12.1 Å². The van der Waals surface area contributed by atoms with Crippen LogP contribution in [0.1, 0.15) is 40.2 Å². The molecule has 0 aliphatic rings. The number of primary amides is 1. The fourth-order valence-corrected chi connectivity index (χ4v) is 2.33. The maximum absolute atomic E-state index is 11.9. The van der Waals surface area contributed by atoms with Crippen molar-refractivity contribution in [1.29, 1.82) is 0 Å². The molecule has 0 aliphatic heterocycles. The highest BCUT2D eigenvalue weighted by Crippen LogP contribution is 2.05. The summed E-state index contributed by atoms with van der Waals surface area (Å²) in [5, 5.41) is 5.98. The molecule has 0 atom stereocenters. The first kappa shape index (κ1) is 18.4. The third-order valence-corrected chi connectivity index (χ3v) is 3.57. The molecular weight excluding hydrogens is 318 g/mol. The number of carbonyl (C=O) groups is 2. The molecule has 0 saturated carbocycles. The van der Waals surface area contributed by atoms with Gasteiger partial charge in [0.2, 0.25) is 17.8 Å². The van der Waals surface area contributed by atoms with Crippen LogP contribution in [0.25, 0.3) is 0 Å². The summed E-state index contributed by atoms with van der Waals surface area (Å²) in [6.07, 6.45) is 1.10. The minimum atomic E-state index is -0.462. The number of carbonyl (C=O) groups excluding carboxylic acids is 2. The third-order valence-electron chi connectivity index (χ3n) is 3.57. The smallest absolute Gasteiger partial charge is 0.248 e. The third kappa shape index (κ3) is 6.21. The van der Waals surface area contributed by atoms with Crippen LogP contribution in [0.5, 0.6) is 0 Å². The van der Waals surface area contributed by atoms with Gasteiger partial charge in [0.05, 0.1) is 0 Å². The zero-order valence-corrected chi connectivity index (χ0v) is 14.5. The van der Waals surface area contributed by atoms with E-state index in [0.717, 1.165) is 17.0 Å². The van der Waals surface area contributed by atoms with E-state index in [1.807, 2.05) is 19.9 Å². The first-order valence-electron chi connectivity index (χ1n) is 8.15. The highest BCUT2D eigenvalue weighted by Gasteiger charge is 2.04. The Morgan fingerprint density at radius 2 is 1.72 bits per heavy atom. The van der Waals surface area contributed by atoms with Gasteiger partial charge in [-0.05, 0) is 44.0 Å². The van der Waals surface area contributed by atoms with Gasteiger partial charge < -0.3 is 16.4 Å². The predicted octanol–water partition coefficient (Wildman–Crippen LogP) is 1.70. The van der Waals surface area contributed by atoms with Crippen molar-refractivity contribution in [2.45, 2.75) is 33.2 Å². The molecule has 0 fully saturated rings. The number of benzene rings is 1. The number of rotatable bonds is 8. The Balaban J connectivity index is 1.67. The normalized spacial score (nSPS) is 10.3. The molecule has 0 aliphatic carbocycles. The Hall–Kier alpha value is -2.96. The van der Waals surface area contributed by atoms with Crippen molar-refractivity contribution >= 4 is 17.8 Å². The SMILES string of the molecule is Cc1cc(C)nc(NCCCC(=O)NCc2ccc(C(N)=O)cc2)n1. The summed E-state index contributed by atoms with van der Waals surface area (Å²) < 4.78 is 0. The molecule has 1 aromatic carbocycles. The molecule has 4 N–H and O–H groups in total. The van der Waals surface area contributed by atoms with Gasteiger partial charge in [0.1, 0.15) is 0 Å². The summed E-state index contributed by atoms with van der Waals surface area (Å²) in [5.41, 5.74) is 8.38. The lowest BCUT2D eigenvalue weighted by Gasteiger charge is -2.08. The largest absolute Gasteiger partial charge is 0.366 e. The first-order chi connectivity index (χ1) is 11.9. The number of aryl methyl sites for hydroxylation is 2. The zero-order chi connectivity index (χ0) is 18.2. The molecule has 0 saturated heterocycles. The molecule has 25 heavy (non-hydrogen) atoms. The number of aromatic nitrogens is 2. The van der Waals surface area contributed by atoms with Crippen LogP contribution in [0, 0.1) is 13.8 Å². The second-order valence-corrected chi connectivity index (χ2v) is 5.84. The van der Waals surface area contributed by atoms with Crippen LogP contribution in [0.3, 0.4) is 0 Å². The molecule has 1 aromatic heterocycles. The van der Waals surface area contributed by atoms with Crippen LogP contribution in [0.15, 0.2) is 30.3 Å². The number of nitrogens with zero attached hydrogens (tertiary/aromatic N) is 2. The van der Waals surface area contributed by atoms with Gasteiger partial charge in [-0.15, -0.1) is 0 Å². The summed E-state index contributed by atoms with van der Waals surface area (Å²) in [4.78, 5) is 31.5. The second kappa shape index (κ2) is 8.77. The number of nitrogens with one attached hydrogen (secondary N) is 2. The van der Waals surface area contributed by atoms with Gasteiger partial charge in [-0.25, -0.2) is 9.97 Å². The highest BCUT2D eigenvalue weighted by molar-refractivity contribution is 5.92. The molecule has 2 rings (SSSR count).